The first-order valence-corrected chi connectivity index (χ1v) is 13.0. The average Bonchev–Trinajstić information content (AvgIpc) is 3.57. The summed E-state index contributed by atoms with van der Waals surface area (Å²) in [5.41, 5.74) is 1.58. The van der Waals surface area contributed by atoms with Gasteiger partial charge in [-0.3, -0.25) is 9.69 Å². The maximum atomic E-state index is 14.3. The number of carbonyl (C=O) groups is 1. The molecule has 1 aliphatic carbocycles. The van der Waals surface area contributed by atoms with E-state index in [0.717, 1.165) is 32.1 Å². The van der Waals surface area contributed by atoms with E-state index >= 15 is 0 Å². The van der Waals surface area contributed by atoms with Crippen molar-refractivity contribution in [1.82, 2.24) is 14.7 Å². The number of amides is 1. The third-order valence-corrected chi connectivity index (χ3v) is 8.49. The fraction of sp³-hybridized carbons (Fsp3) is 0.429. The average molecular weight is 525 g/mol. The molecule has 38 heavy (non-hydrogen) atoms. The van der Waals surface area contributed by atoms with E-state index < -0.39 is 11.9 Å². The highest BCUT2D eigenvalue weighted by Gasteiger charge is 2.51. The molecule has 2 fully saturated rings. The van der Waals surface area contributed by atoms with Crippen molar-refractivity contribution in [3.8, 4) is 17.2 Å². The van der Waals surface area contributed by atoms with Gasteiger partial charge in [0.2, 0.25) is 6.79 Å². The molecule has 2 aromatic carbocycles. The van der Waals surface area contributed by atoms with Gasteiger partial charge in [-0.2, -0.15) is 18.3 Å². The van der Waals surface area contributed by atoms with Crippen molar-refractivity contribution < 1.29 is 27.4 Å². The highest BCUT2D eigenvalue weighted by atomic mass is 19.4. The van der Waals surface area contributed by atoms with E-state index in [1.165, 1.54) is 9.58 Å². The number of halogens is 3. The highest BCUT2D eigenvalue weighted by molar-refractivity contribution is 6.06. The molecule has 7 nitrogen and oxygen atoms in total. The van der Waals surface area contributed by atoms with Crippen LogP contribution < -0.4 is 14.4 Å². The monoisotopic (exact) mass is 524 g/mol. The van der Waals surface area contributed by atoms with Crippen LogP contribution in [0.2, 0.25) is 0 Å². The van der Waals surface area contributed by atoms with Gasteiger partial charge in [0.1, 0.15) is 0 Å². The summed E-state index contributed by atoms with van der Waals surface area (Å²) < 4.78 is 55.0. The number of hydrogen-bond acceptors (Lipinski definition) is 5. The maximum Gasteiger partial charge on any atom is 0.435 e. The second kappa shape index (κ2) is 8.49. The second-order valence-corrected chi connectivity index (χ2v) is 10.6. The molecule has 10 heteroatoms. The van der Waals surface area contributed by atoms with Gasteiger partial charge in [0, 0.05) is 54.5 Å². The van der Waals surface area contributed by atoms with Crippen LogP contribution in [0.4, 0.5) is 18.9 Å². The van der Waals surface area contributed by atoms with Gasteiger partial charge in [-0.25, -0.2) is 4.68 Å². The Kier molecular flexibility index (Phi) is 5.27. The Bertz CT molecular complexity index is 1430. The second-order valence-electron chi connectivity index (χ2n) is 10.6. The molecule has 0 N–H and O–H groups in total. The van der Waals surface area contributed by atoms with Crippen LogP contribution in [0.1, 0.15) is 65.5 Å². The molecule has 1 amide bonds. The van der Waals surface area contributed by atoms with Gasteiger partial charge < -0.3 is 14.4 Å². The van der Waals surface area contributed by atoms with Gasteiger partial charge in [-0.15, -0.1) is 0 Å². The van der Waals surface area contributed by atoms with E-state index in [-0.39, 0.29) is 24.8 Å². The minimum atomic E-state index is -4.55. The Labute approximate surface area is 217 Å². The lowest BCUT2D eigenvalue weighted by atomic mass is 9.86. The van der Waals surface area contributed by atoms with Gasteiger partial charge >= 0.3 is 6.18 Å². The molecule has 0 spiro atoms. The standard InChI is InChI=1S/C28H27F3N4O3/c1-33(18-9-11-23-24(14-18)38-15-37-23)27(36)16-4-2-7-20(12-16)35-22-13-19-8-10-21(34(19)17-5-3-6-17)25(22)26(32-35)28(29,30)31/h2,4,7,9,11-12,14,17,19,21H,3,5-6,8,10,13,15H2,1H3/t19-,21+/m1/s1. The molecule has 3 aliphatic heterocycles. The number of anilines is 1. The van der Waals surface area contributed by atoms with Crippen molar-refractivity contribution in [3.63, 3.8) is 0 Å². The Morgan fingerprint density at radius 3 is 2.61 bits per heavy atom. The van der Waals surface area contributed by atoms with Crippen molar-refractivity contribution in [1.29, 1.82) is 0 Å². The first-order chi connectivity index (χ1) is 18.3. The van der Waals surface area contributed by atoms with Gasteiger partial charge in [0.25, 0.3) is 5.91 Å². The lowest BCUT2D eigenvalue weighted by Gasteiger charge is -2.45. The first-order valence-electron chi connectivity index (χ1n) is 13.0. The lowest BCUT2D eigenvalue weighted by molar-refractivity contribution is -0.142. The number of nitrogens with zero attached hydrogens (tertiary/aromatic N) is 4. The van der Waals surface area contributed by atoms with Crippen molar-refractivity contribution in [2.45, 2.75) is 62.8 Å². The lowest BCUT2D eigenvalue weighted by Crippen LogP contribution is -2.48. The Hall–Kier alpha value is -3.53. The van der Waals surface area contributed by atoms with Crippen LogP contribution in [0.25, 0.3) is 5.69 Å². The van der Waals surface area contributed by atoms with Crippen LogP contribution >= 0.6 is 0 Å². The summed E-state index contributed by atoms with van der Waals surface area (Å²) in [5, 5.41) is 4.14. The fourth-order valence-corrected chi connectivity index (χ4v) is 6.47. The SMILES string of the molecule is CN(C(=O)c1cccc(-n2nc(C(F)(F)F)c3c2C[C@H]2CC[C@@H]3N2C2CCC2)c1)c1ccc2c(c1)OCO2. The normalized spacial score (nSPS) is 22.3. The quantitative estimate of drug-likeness (QED) is 0.451. The van der Waals surface area contributed by atoms with Crippen molar-refractivity contribution in [2.75, 3.05) is 18.7 Å². The molecule has 2 atom stereocenters. The molecule has 4 aliphatic rings. The predicted molar refractivity (Wildman–Crippen MR) is 133 cm³/mol. The van der Waals surface area contributed by atoms with Crippen LogP contribution in [0.5, 0.6) is 11.5 Å². The van der Waals surface area contributed by atoms with Gasteiger partial charge in [0.05, 0.1) is 11.4 Å². The summed E-state index contributed by atoms with van der Waals surface area (Å²) in [5.74, 6) is 0.883. The van der Waals surface area contributed by atoms with Crippen molar-refractivity contribution in [3.05, 3.63) is 65.0 Å². The molecule has 7 rings (SSSR count). The molecule has 4 heterocycles. The minimum absolute atomic E-state index is 0.132. The number of rotatable bonds is 4. The third kappa shape index (κ3) is 3.60. The van der Waals surface area contributed by atoms with E-state index in [9.17, 15) is 18.0 Å². The maximum absolute atomic E-state index is 14.3. The first kappa shape index (κ1) is 23.6. The number of aromatic nitrogens is 2. The zero-order valence-electron chi connectivity index (χ0n) is 20.9. The summed E-state index contributed by atoms with van der Waals surface area (Å²) in [4.78, 5) is 17.2. The largest absolute Gasteiger partial charge is 0.454 e. The summed E-state index contributed by atoms with van der Waals surface area (Å²) in [7, 11) is 1.65. The molecule has 1 aromatic heterocycles. The van der Waals surface area contributed by atoms with E-state index in [4.69, 9.17) is 9.47 Å². The van der Waals surface area contributed by atoms with Crippen LogP contribution in [0, 0.1) is 0 Å². The molecule has 1 saturated heterocycles. The van der Waals surface area contributed by atoms with E-state index in [0.29, 0.717) is 52.2 Å². The topological polar surface area (TPSA) is 59.8 Å². The van der Waals surface area contributed by atoms with Crippen LogP contribution in [-0.4, -0.2) is 46.5 Å². The van der Waals surface area contributed by atoms with Crippen molar-refractivity contribution in [2.24, 2.45) is 0 Å². The zero-order valence-corrected chi connectivity index (χ0v) is 20.9. The number of fused-ring (bicyclic) bond motifs is 5. The summed E-state index contributed by atoms with van der Waals surface area (Å²) in [6.45, 7) is 0.132. The number of ether oxygens (including phenoxy) is 2. The Balaban J connectivity index is 1.25. The smallest absolute Gasteiger partial charge is 0.435 e. The van der Waals surface area contributed by atoms with Gasteiger partial charge in [-0.05, 0) is 56.0 Å². The molecule has 1 saturated carbocycles. The Morgan fingerprint density at radius 2 is 1.84 bits per heavy atom. The molecule has 198 valence electrons. The third-order valence-electron chi connectivity index (χ3n) is 8.49. The van der Waals surface area contributed by atoms with Crippen LogP contribution in [0.15, 0.2) is 42.5 Å². The fourth-order valence-electron chi connectivity index (χ4n) is 6.47. The minimum Gasteiger partial charge on any atom is -0.454 e. The number of benzene rings is 2. The van der Waals surface area contributed by atoms with Gasteiger partial charge in [0.15, 0.2) is 17.2 Å². The number of carbonyl (C=O) groups excluding carboxylic acids is 1. The molecule has 2 bridgehead atoms. The summed E-state index contributed by atoms with van der Waals surface area (Å²) in [6, 6.07) is 12.3. The zero-order chi connectivity index (χ0) is 26.2. The predicted octanol–water partition coefficient (Wildman–Crippen LogP) is 5.51. The van der Waals surface area contributed by atoms with Crippen molar-refractivity contribution >= 4 is 11.6 Å². The van der Waals surface area contributed by atoms with E-state index in [2.05, 4.69) is 10.00 Å². The Morgan fingerprint density at radius 1 is 1.03 bits per heavy atom. The molecular formula is C28H27F3N4O3. The summed E-state index contributed by atoms with van der Waals surface area (Å²) in [6.07, 6.45) is 0.843. The highest BCUT2D eigenvalue weighted by Crippen LogP contribution is 2.51. The molecule has 0 radical (unpaired) electrons. The van der Waals surface area contributed by atoms with E-state index in [1.807, 2.05) is 0 Å². The van der Waals surface area contributed by atoms with Crippen LogP contribution in [0.3, 0.4) is 0 Å². The molecule has 3 aromatic rings. The molecular weight excluding hydrogens is 497 g/mol. The van der Waals surface area contributed by atoms with Gasteiger partial charge in [-0.1, -0.05) is 12.5 Å². The number of alkyl halides is 3. The van der Waals surface area contributed by atoms with Crippen LogP contribution in [-0.2, 0) is 12.6 Å². The molecule has 0 unspecified atom stereocenters. The number of hydrogen-bond donors (Lipinski definition) is 0. The summed E-state index contributed by atoms with van der Waals surface area (Å²) >= 11 is 0. The van der Waals surface area contributed by atoms with E-state index in [1.54, 1.807) is 49.5 Å².